The standard InChI is InChI=1S/C15H17NO2/c1-10-4-6-13(7-5-10)15(17)16-9-14-8-11(2)18-12(14)3/h4-8H,9H2,1-3H3,(H,16,17). The molecule has 94 valence electrons. The molecule has 2 aromatic rings. The van der Waals surface area contributed by atoms with Gasteiger partial charge in [0.05, 0.1) is 0 Å². The first-order valence-corrected chi connectivity index (χ1v) is 5.97. The lowest BCUT2D eigenvalue weighted by molar-refractivity contribution is 0.0951. The van der Waals surface area contributed by atoms with E-state index >= 15 is 0 Å². The van der Waals surface area contributed by atoms with Gasteiger partial charge in [0.15, 0.2) is 0 Å². The van der Waals surface area contributed by atoms with Gasteiger partial charge in [-0.15, -0.1) is 0 Å². The monoisotopic (exact) mass is 243 g/mol. The maximum Gasteiger partial charge on any atom is 0.251 e. The highest BCUT2D eigenvalue weighted by Gasteiger charge is 2.08. The molecule has 1 amide bonds. The molecule has 0 radical (unpaired) electrons. The first-order chi connectivity index (χ1) is 8.56. The number of furan rings is 1. The Morgan fingerprint density at radius 2 is 1.83 bits per heavy atom. The Bertz CT molecular complexity index is 552. The van der Waals surface area contributed by atoms with E-state index in [1.807, 2.05) is 51.1 Å². The van der Waals surface area contributed by atoms with Crippen LogP contribution in [0.25, 0.3) is 0 Å². The summed E-state index contributed by atoms with van der Waals surface area (Å²) >= 11 is 0. The smallest absolute Gasteiger partial charge is 0.251 e. The molecule has 0 bridgehead atoms. The van der Waals surface area contributed by atoms with E-state index < -0.39 is 0 Å². The second-order valence-electron chi connectivity index (χ2n) is 4.49. The lowest BCUT2D eigenvalue weighted by Gasteiger charge is -2.04. The molecule has 0 unspecified atom stereocenters. The molecular weight excluding hydrogens is 226 g/mol. The molecule has 0 saturated carbocycles. The zero-order valence-electron chi connectivity index (χ0n) is 10.9. The summed E-state index contributed by atoms with van der Waals surface area (Å²) in [4.78, 5) is 11.9. The lowest BCUT2D eigenvalue weighted by atomic mass is 10.1. The van der Waals surface area contributed by atoms with Crippen LogP contribution >= 0.6 is 0 Å². The molecule has 2 rings (SSSR count). The van der Waals surface area contributed by atoms with Crippen LogP contribution in [0, 0.1) is 20.8 Å². The van der Waals surface area contributed by atoms with E-state index in [1.54, 1.807) is 0 Å². The summed E-state index contributed by atoms with van der Waals surface area (Å²) in [5, 5.41) is 2.89. The molecule has 0 fully saturated rings. The highest BCUT2D eigenvalue weighted by atomic mass is 16.3. The van der Waals surface area contributed by atoms with Crippen LogP contribution in [0.3, 0.4) is 0 Å². The van der Waals surface area contributed by atoms with Gasteiger partial charge < -0.3 is 9.73 Å². The van der Waals surface area contributed by atoms with Crippen molar-refractivity contribution in [3.8, 4) is 0 Å². The van der Waals surface area contributed by atoms with Crippen molar-refractivity contribution in [2.75, 3.05) is 0 Å². The lowest BCUT2D eigenvalue weighted by Crippen LogP contribution is -2.22. The number of nitrogens with one attached hydrogen (secondary N) is 1. The number of aryl methyl sites for hydroxylation is 3. The summed E-state index contributed by atoms with van der Waals surface area (Å²) in [6.45, 7) is 6.30. The molecule has 3 nitrogen and oxygen atoms in total. The van der Waals surface area contributed by atoms with Gasteiger partial charge in [-0.25, -0.2) is 0 Å². The highest BCUT2D eigenvalue weighted by Crippen LogP contribution is 2.13. The van der Waals surface area contributed by atoms with Gasteiger partial charge in [0.1, 0.15) is 11.5 Å². The van der Waals surface area contributed by atoms with Crippen molar-refractivity contribution < 1.29 is 9.21 Å². The van der Waals surface area contributed by atoms with Crippen molar-refractivity contribution in [2.45, 2.75) is 27.3 Å². The van der Waals surface area contributed by atoms with Gasteiger partial charge in [0, 0.05) is 17.7 Å². The van der Waals surface area contributed by atoms with Crippen LogP contribution in [0.5, 0.6) is 0 Å². The molecule has 1 aromatic heterocycles. The van der Waals surface area contributed by atoms with E-state index in [4.69, 9.17) is 4.42 Å². The van der Waals surface area contributed by atoms with Gasteiger partial charge in [0.25, 0.3) is 5.91 Å². The van der Waals surface area contributed by atoms with Crippen molar-refractivity contribution in [3.63, 3.8) is 0 Å². The summed E-state index contributed by atoms with van der Waals surface area (Å²) < 4.78 is 5.42. The van der Waals surface area contributed by atoms with Crippen molar-refractivity contribution in [2.24, 2.45) is 0 Å². The Kier molecular flexibility index (Phi) is 3.51. The van der Waals surface area contributed by atoms with Crippen LogP contribution < -0.4 is 5.32 Å². The Labute approximate surface area is 107 Å². The minimum Gasteiger partial charge on any atom is -0.466 e. The predicted molar refractivity (Wildman–Crippen MR) is 70.5 cm³/mol. The van der Waals surface area contributed by atoms with Crippen LogP contribution in [0.2, 0.25) is 0 Å². The normalized spacial score (nSPS) is 10.4. The summed E-state index contributed by atoms with van der Waals surface area (Å²) in [5.41, 5.74) is 2.85. The van der Waals surface area contributed by atoms with Crippen LogP contribution in [0.15, 0.2) is 34.7 Å². The fourth-order valence-electron chi connectivity index (χ4n) is 1.84. The average molecular weight is 243 g/mol. The Balaban J connectivity index is 2.00. The first-order valence-electron chi connectivity index (χ1n) is 5.97. The Hall–Kier alpha value is -2.03. The van der Waals surface area contributed by atoms with Gasteiger partial charge in [-0.3, -0.25) is 4.79 Å². The molecule has 1 N–H and O–H groups in total. The van der Waals surface area contributed by atoms with Gasteiger partial charge in [-0.05, 0) is 39.0 Å². The van der Waals surface area contributed by atoms with Crippen LogP contribution in [0.4, 0.5) is 0 Å². The Morgan fingerprint density at radius 1 is 1.17 bits per heavy atom. The van der Waals surface area contributed by atoms with Crippen molar-refractivity contribution in [1.29, 1.82) is 0 Å². The van der Waals surface area contributed by atoms with Crippen molar-refractivity contribution in [1.82, 2.24) is 5.32 Å². The zero-order chi connectivity index (χ0) is 13.1. The number of hydrogen-bond acceptors (Lipinski definition) is 2. The van der Waals surface area contributed by atoms with Gasteiger partial charge in [-0.1, -0.05) is 17.7 Å². The van der Waals surface area contributed by atoms with E-state index in [9.17, 15) is 4.79 Å². The van der Waals surface area contributed by atoms with E-state index in [0.717, 1.165) is 22.6 Å². The van der Waals surface area contributed by atoms with Crippen LogP contribution in [0.1, 0.15) is 33.0 Å². The number of carbonyl (C=O) groups is 1. The van der Waals surface area contributed by atoms with Crippen LogP contribution in [-0.4, -0.2) is 5.91 Å². The first kappa shape index (κ1) is 12.4. The molecular formula is C15H17NO2. The molecule has 18 heavy (non-hydrogen) atoms. The second kappa shape index (κ2) is 5.08. The summed E-state index contributed by atoms with van der Waals surface area (Å²) in [5.74, 6) is 1.66. The van der Waals surface area contributed by atoms with E-state index in [1.165, 1.54) is 0 Å². The van der Waals surface area contributed by atoms with Gasteiger partial charge in [-0.2, -0.15) is 0 Å². The molecule has 1 aromatic carbocycles. The number of carbonyl (C=O) groups excluding carboxylic acids is 1. The largest absolute Gasteiger partial charge is 0.466 e. The molecule has 0 spiro atoms. The second-order valence-corrected chi connectivity index (χ2v) is 4.49. The third-order valence-corrected chi connectivity index (χ3v) is 2.90. The molecule has 0 atom stereocenters. The minimum absolute atomic E-state index is 0.0618. The Morgan fingerprint density at radius 3 is 2.39 bits per heavy atom. The van der Waals surface area contributed by atoms with Crippen molar-refractivity contribution >= 4 is 5.91 Å². The predicted octanol–water partition coefficient (Wildman–Crippen LogP) is 3.13. The quantitative estimate of drug-likeness (QED) is 0.899. The zero-order valence-corrected chi connectivity index (χ0v) is 10.9. The molecule has 0 aliphatic rings. The highest BCUT2D eigenvalue weighted by molar-refractivity contribution is 5.94. The molecule has 1 heterocycles. The average Bonchev–Trinajstić information content (AvgIpc) is 2.66. The molecule has 0 aliphatic heterocycles. The van der Waals surface area contributed by atoms with Gasteiger partial charge in [0.2, 0.25) is 0 Å². The van der Waals surface area contributed by atoms with E-state index in [-0.39, 0.29) is 5.91 Å². The number of benzene rings is 1. The van der Waals surface area contributed by atoms with E-state index in [0.29, 0.717) is 12.1 Å². The SMILES string of the molecule is Cc1ccc(C(=O)NCc2cc(C)oc2C)cc1. The number of hydrogen-bond donors (Lipinski definition) is 1. The minimum atomic E-state index is -0.0618. The third kappa shape index (κ3) is 2.80. The molecule has 0 aliphatic carbocycles. The van der Waals surface area contributed by atoms with Crippen LogP contribution in [-0.2, 0) is 6.54 Å². The summed E-state index contributed by atoms with van der Waals surface area (Å²) in [6, 6.07) is 9.48. The molecule has 3 heteroatoms. The van der Waals surface area contributed by atoms with Gasteiger partial charge >= 0.3 is 0 Å². The maximum atomic E-state index is 11.9. The fraction of sp³-hybridized carbons (Fsp3) is 0.267. The summed E-state index contributed by atoms with van der Waals surface area (Å²) in [7, 11) is 0. The fourth-order valence-corrected chi connectivity index (χ4v) is 1.84. The number of amides is 1. The molecule has 0 saturated heterocycles. The summed E-state index contributed by atoms with van der Waals surface area (Å²) in [6.07, 6.45) is 0. The number of rotatable bonds is 3. The third-order valence-electron chi connectivity index (χ3n) is 2.90. The maximum absolute atomic E-state index is 11.9. The van der Waals surface area contributed by atoms with E-state index in [2.05, 4.69) is 5.32 Å². The topological polar surface area (TPSA) is 42.2 Å². The van der Waals surface area contributed by atoms with Crippen molar-refractivity contribution in [3.05, 3.63) is 58.5 Å².